The van der Waals surface area contributed by atoms with Crippen LogP contribution >= 0.6 is 0 Å². The van der Waals surface area contributed by atoms with Crippen LogP contribution in [0.5, 0.6) is 0 Å². The summed E-state index contributed by atoms with van der Waals surface area (Å²) in [6.07, 6.45) is 6.66. The van der Waals surface area contributed by atoms with Gasteiger partial charge in [0.15, 0.2) is 0 Å². The topological polar surface area (TPSA) is 12.0 Å². The molecule has 0 radical (unpaired) electrons. The van der Waals surface area contributed by atoms with Gasteiger partial charge in [0.05, 0.1) is 0 Å². The summed E-state index contributed by atoms with van der Waals surface area (Å²) in [6.45, 7) is 10.8. The van der Waals surface area contributed by atoms with E-state index in [2.05, 4.69) is 32.7 Å². The minimum Gasteiger partial charge on any atom is -0.305 e. The lowest BCUT2D eigenvalue weighted by Gasteiger charge is -2.40. The first-order valence-corrected chi connectivity index (χ1v) is 5.50. The first-order chi connectivity index (χ1) is 6.07. The second-order valence-electron chi connectivity index (χ2n) is 4.72. The van der Waals surface area contributed by atoms with E-state index in [9.17, 15) is 0 Å². The molecule has 0 aromatic carbocycles. The summed E-state index contributed by atoms with van der Waals surface area (Å²) in [5.74, 6) is 0. The zero-order chi connectivity index (χ0) is 9.90. The van der Waals surface area contributed by atoms with E-state index in [1.54, 1.807) is 0 Å². The van der Waals surface area contributed by atoms with Crippen molar-refractivity contribution < 1.29 is 0 Å². The van der Waals surface area contributed by atoms with Crippen molar-refractivity contribution >= 4 is 0 Å². The average molecular weight is 181 g/mol. The van der Waals surface area contributed by atoms with Gasteiger partial charge in [-0.05, 0) is 19.8 Å². The summed E-state index contributed by atoms with van der Waals surface area (Å²) in [5, 5.41) is 3.70. The number of hydrogen-bond donors (Lipinski definition) is 1. The van der Waals surface area contributed by atoms with Gasteiger partial charge in [-0.3, -0.25) is 0 Å². The molecule has 0 unspecified atom stereocenters. The van der Waals surface area contributed by atoms with Gasteiger partial charge < -0.3 is 5.32 Å². The Hall–Kier alpha value is -0.300. The van der Waals surface area contributed by atoms with Crippen LogP contribution in [0.1, 0.15) is 52.9 Å². The van der Waals surface area contributed by atoms with E-state index in [1.807, 2.05) is 0 Å². The third-order valence-corrected chi connectivity index (χ3v) is 3.09. The fraction of sp³-hybridized carbons (Fsp3) is 0.833. The summed E-state index contributed by atoms with van der Waals surface area (Å²) in [7, 11) is 0. The Labute approximate surface area is 82.6 Å². The maximum absolute atomic E-state index is 4.14. The summed E-state index contributed by atoms with van der Waals surface area (Å²) < 4.78 is 0. The molecule has 0 aromatic rings. The maximum atomic E-state index is 4.14. The normalized spacial score (nSPS) is 21.8. The van der Waals surface area contributed by atoms with Gasteiger partial charge in [-0.2, -0.15) is 0 Å². The predicted molar refractivity (Wildman–Crippen MR) is 58.9 cm³/mol. The molecule has 0 heterocycles. The van der Waals surface area contributed by atoms with Crippen LogP contribution in [0.2, 0.25) is 0 Å². The summed E-state index contributed by atoms with van der Waals surface area (Å²) >= 11 is 0. The van der Waals surface area contributed by atoms with Crippen LogP contribution in [0.25, 0.3) is 0 Å². The van der Waals surface area contributed by atoms with Gasteiger partial charge in [0.1, 0.15) is 0 Å². The molecule has 0 bridgehead atoms. The predicted octanol–water partition coefficient (Wildman–Crippen LogP) is 3.26. The number of hydrogen-bond acceptors (Lipinski definition) is 1. The summed E-state index contributed by atoms with van der Waals surface area (Å²) in [6, 6.07) is 0.565. The molecule has 1 rings (SSSR count). The van der Waals surface area contributed by atoms with Crippen LogP contribution in [0.3, 0.4) is 0 Å². The molecule has 1 heteroatoms. The van der Waals surface area contributed by atoms with Crippen molar-refractivity contribution in [2.75, 3.05) is 0 Å². The molecular weight excluding hydrogens is 158 g/mol. The molecule has 1 aliphatic rings. The molecule has 0 aliphatic heterocycles. The zero-order valence-corrected chi connectivity index (χ0v) is 9.32. The second kappa shape index (κ2) is 4.28. The van der Waals surface area contributed by atoms with Crippen LogP contribution in [0.4, 0.5) is 0 Å². The van der Waals surface area contributed by atoms with Crippen molar-refractivity contribution in [2.45, 2.75) is 64.5 Å². The van der Waals surface area contributed by atoms with Crippen LogP contribution < -0.4 is 5.32 Å². The van der Waals surface area contributed by atoms with E-state index in [0.29, 0.717) is 6.04 Å². The minimum atomic E-state index is 0.256. The lowest BCUT2D eigenvalue weighted by Crippen LogP contribution is -2.50. The first kappa shape index (κ1) is 10.8. The van der Waals surface area contributed by atoms with Crippen LogP contribution in [0, 0.1) is 0 Å². The van der Waals surface area contributed by atoms with Gasteiger partial charge >= 0.3 is 0 Å². The monoisotopic (exact) mass is 181 g/mol. The average Bonchev–Trinajstić information content (AvgIpc) is 2.04. The van der Waals surface area contributed by atoms with Crippen molar-refractivity contribution in [1.82, 2.24) is 5.32 Å². The Morgan fingerprint density at radius 1 is 1.23 bits per heavy atom. The smallest absolute Gasteiger partial charge is 0.0390 e. The number of rotatable bonds is 3. The van der Waals surface area contributed by atoms with Crippen LogP contribution in [-0.4, -0.2) is 11.6 Å². The Bertz CT molecular complexity index is 176. The molecule has 1 aliphatic carbocycles. The van der Waals surface area contributed by atoms with E-state index < -0.39 is 0 Å². The Kier molecular flexibility index (Phi) is 3.55. The molecule has 0 amide bonds. The molecule has 0 spiro atoms. The first-order valence-electron chi connectivity index (χ1n) is 5.50. The summed E-state index contributed by atoms with van der Waals surface area (Å²) in [4.78, 5) is 0. The van der Waals surface area contributed by atoms with Crippen LogP contribution in [-0.2, 0) is 0 Å². The fourth-order valence-corrected chi connectivity index (χ4v) is 2.40. The summed E-state index contributed by atoms with van der Waals surface area (Å²) in [5.41, 5.74) is 1.58. The largest absolute Gasteiger partial charge is 0.305 e. The number of nitrogens with one attached hydrogen (secondary N) is 1. The van der Waals surface area contributed by atoms with Crippen molar-refractivity contribution in [2.24, 2.45) is 0 Å². The molecule has 1 saturated carbocycles. The standard InChI is InChI=1S/C12H23N/c1-10(2)12(13-11(3)4)8-6-5-7-9-12/h11,13H,1,5-9H2,2-4H3. The third kappa shape index (κ3) is 2.57. The van der Waals surface area contributed by atoms with Gasteiger partial charge in [-0.25, -0.2) is 0 Å². The van der Waals surface area contributed by atoms with Crippen molar-refractivity contribution in [1.29, 1.82) is 0 Å². The van der Waals surface area contributed by atoms with E-state index in [4.69, 9.17) is 0 Å². The van der Waals surface area contributed by atoms with E-state index >= 15 is 0 Å². The minimum absolute atomic E-state index is 0.256. The lowest BCUT2D eigenvalue weighted by atomic mass is 9.77. The molecule has 1 fully saturated rings. The molecule has 0 atom stereocenters. The second-order valence-corrected chi connectivity index (χ2v) is 4.72. The highest BCUT2D eigenvalue weighted by atomic mass is 15.0. The third-order valence-electron chi connectivity index (χ3n) is 3.09. The molecule has 1 N–H and O–H groups in total. The molecule has 76 valence electrons. The SMILES string of the molecule is C=C(C)C1(NC(C)C)CCCCC1. The van der Waals surface area contributed by atoms with Crippen molar-refractivity contribution in [3.63, 3.8) is 0 Å². The molecule has 0 saturated heterocycles. The highest BCUT2D eigenvalue weighted by Crippen LogP contribution is 2.33. The zero-order valence-electron chi connectivity index (χ0n) is 9.32. The Morgan fingerprint density at radius 2 is 1.77 bits per heavy atom. The Balaban J connectivity index is 2.67. The lowest BCUT2D eigenvalue weighted by molar-refractivity contribution is 0.257. The fourth-order valence-electron chi connectivity index (χ4n) is 2.40. The van der Waals surface area contributed by atoms with Gasteiger partial charge in [-0.1, -0.05) is 45.3 Å². The molecule has 13 heavy (non-hydrogen) atoms. The molecular formula is C12H23N. The Morgan fingerprint density at radius 3 is 2.15 bits per heavy atom. The quantitative estimate of drug-likeness (QED) is 0.659. The van der Waals surface area contributed by atoms with E-state index in [0.717, 1.165) is 0 Å². The van der Waals surface area contributed by atoms with Crippen LogP contribution in [0.15, 0.2) is 12.2 Å². The van der Waals surface area contributed by atoms with Gasteiger partial charge in [-0.15, -0.1) is 0 Å². The van der Waals surface area contributed by atoms with E-state index in [1.165, 1.54) is 37.7 Å². The maximum Gasteiger partial charge on any atom is 0.0390 e. The van der Waals surface area contributed by atoms with E-state index in [-0.39, 0.29) is 5.54 Å². The van der Waals surface area contributed by atoms with Gasteiger partial charge in [0, 0.05) is 11.6 Å². The van der Waals surface area contributed by atoms with Crippen molar-refractivity contribution in [3.8, 4) is 0 Å². The van der Waals surface area contributed by atoms with Gasteiger partial charge in [0.25, 0.3) is 0 Å². The highest BCUT2D eigenvalue weighted by molar-refractivity contribution is 5.15. The molecule has 1 nitrogen and oxygen atoms in total. The van der Waals surface area contributed by atoms with Crippen molar-refractivity contribution in [3.05, 3.63) is 12.2 Å². The van der Waals surface area contributed by atoms with Gasteiger partial charge in [0.2, 0.25) is 0 Å². The highest BCUT2D eigenvalue weighted by Gasteiger charge is 2.32. The molecule has 0 aromatic heterocycles.